The Labute approximate surface area is 129 Å². The Kier molecular flexibility index (Phi) is 4.88. The van der Waals surface area contributed by atoms with Crippen LogP contribution in [-0.4, -0.2) is 35.1 Å². The fraction of sp³-hybridized carbons (Fsp3) is 0.600. The van der Waals surface area contributed by atoms with Gasteiger partial charge in [-0.05, 0) is 37.6 Å². The molecule has 1 aromatic heterocycles. The second kappa shape index (κ2) is 6.47. The molecule has 0 aromatic carbocycles. The minimum atomic E-state index is -0.833. The molecule has 21 heavy (non-hydrogen) atoms. The Morgan fingerprint density at radius 3 is 2.90 bits per heavy atom. The number of urea groups is 1. The van der Waals surface area contributed by atoms with Crippen LogP contribution in [0.5, 0.6) is 0 Å². The monoisotopic (exact) mass is 310 g/mol. The van der Waals surface area contributed by atoms with Crippen molar-refractivity contribution in [3.05, 3.63) is 22.4 Å². The van der Waals surface area contributed by atoms with Gasteiger partial charge in [0.25, 0.3) is 0 Å². The molecule has 1 aliphatic rings. The molecule has 116 valence electrons. The predicted octanol–water partition coefficient (Wildman–Crippen LogP) is 3.10. The van der Waals surface area contributed by atoms with E-state index in [9.17, 15) is 14.7 Å². The maximum absolute atomic E-state index is 12.4. The molecular weight excluding hydrogens is 288 g/mol. The molecule has 2 amide bonds. The number of carbonyl (C=O) groups excluding carboxylic acids is 1. The van der Waals surface area contributed by atoms with Gasteiger partial charge in [-0.25, -0.2) is 4.79 Å². The van der Waals surface area contributed by atoms with Crippen molar-refractivity contribution in [1.82, 2.24) is 10.2 Å². The maximum Gasteiger partial charge on any atom is 0.317 e. The van der Waals surface area contributed by atoms with Crippen molar-refractivity contribution in [2.24, 2.45) is 5.41 Å². The summed E-state index contributed by atoms with van der Waals surface area (Å²) in [7, 11) is 0. The third kappa shape index (κ3) is 3.56. The second-order valence-electron chi connectivity index (χ2n) is 5.82. The minimum Gasteiger partial charge on any atom is -0.481 e. The Morgan fingerprint density at radius 2 is 2.33 bits per heavy atom. The zero-order valence-electron chi connectivity index (χ0n) is 12.5. The number of thiophene rings is 1. The highest BCUT2D eigenvalue weighted by molar-refractivity contribution is 7.10. The van der Waals surface area contributed by atoms with Crippen LogP contribution in [0.3, 0.4) is 0 Å². The molecule has 2 heterocycles. The van der Waals surface area contributed by atoms with Crippen LogP contribution in [0.4, 0.5) is 4.79 Å². The van der Waals surface area contributed by atoms with E-state index in [1.165, 1.54) is 0 Å². The predicted molar refractivity (Wildman–Crippen MR) is 82.4 cm³/mol. The largest absolute Gasteiger partial charge is 0.481 e. The zero-order valence-corrected chi connectivity index (χ0v) is 13.3. The van der Waals surface area contributed by atoms with Crippen LogP contribution in [0.2, 0.25) is 0 Å². The summed E-state index contributed by atoms with van der Waals surface area (Å²) in [6.07, 6.45) is 2.16. The summed E-state index contributed by atoms with van der Waals surface area (Å²) >= 11 is 1.62. The van der Waals surface area contributed by atoms with Gasteiger partial charge in [-0.15, -0.1) is 11.3 Å². The molecule has 1 aliphatic heterocycles. The molecule has 2 atom stereocenters. The third-order valence-electron chi connectivity index (χ3n) is 4.09. The van der Waals surface area contributed by atoms with Gasteiger partial charge in [-0.1, -0.05) is 13.0 Å². The van der Waals surface area contributed by atoms with E-state index in [1.54, 1.807) is 23.2 Å². The number of rotatable bonds is 4. The Hall–Kier alpha value is -1.56. The number of piperidine rings is 1. The fourth-order valence-electron chi connectivity index (χ4n) is 2.69. The first kappa shape index (κ1) is 15.8. The van der Waals surface area contributed by atoms with Crippen molar-refractivity contribution in [2.45, 2.75) is 39.2 Å². The van der Waals surface area contributed by atoms with E-state index in [-0.39, 0.29) is 18.6 Å². The first-order valence-corrected chi connectivity index (χ1v) is 8.16. The van der Waals surface area contributed by atoms with Crippen molar-refractivity contribution in [3.63, 3.8) is 0 Å². The normalized spacial score (nSPS) is 23.6. The van der Waals surface area contributed by atoms with Crippen molar-refractivity contribution >= 4 is 23.3 Å². The fourth-order valence-corrected chi connectivity index (χ4v) is 3.55. The Balaban J connectivity index is 2.01. The van der Waals surface area contributed by atoms with Crippen LogP contribution in [-0.2, 0) is 4.79 Å². The summed E-state index contributed by atoms with van der Waals surface area (Å²) in [5.41, 5.74) is -0.833. The van der Waals surface area contributed by atoms with E-state index in [0.717, 1.165) is 17.7 Å². The van der Waals surface area contributed by atoms with Crippen LogP contribution in [0.1, 0.15) is 44.0 Å². The number of nitrogens with one attached hydrogen (secondary N) is 1. The van der Waals surface area contributed by atoms with Crippen molar-refractivity contribution in [2.75, 3.05) is 13.1 Å². The maximum atomic E-state index is 12.4. The first-order chi connectivity index (χ1) is 9.96. The molecular formula is C15H22N2O3S. The molecule has 6 heteroatoms. The lowest BCUT2D eigenvalue weighted by molar-refractivity contribution is -0.150. The number of aliphatic carboxylic acids is 1. The highest BCUT2D eigenvalue weighted by Crippen LogP contribution is 2.30. The van der Waals surface area contributed by atoms with Crippen molar-refractivity contribution < 1.29 is 14.7 Å². The van der Waals surface area contributed by atoms with E-state index in [1.807, 2.05) is 24.4 Å². The molecule has 0 aliphatic carbocycles. The van der Waals surface area contributed by atoms with Gasteiger partial charge in [0.15, 0.2) is 0 Å². The van der Waals surface area contributed by atoms with E-state index in [2.05, 4.69) is 5.32 Å². The van der Waals surface area contributed by atoms with E-state index in [4.69, 9.17) is 0 Å². The van der Waals surface area contributed by atoms with Gasteiger partial charge in [0.1, 0.15) is 0 Å². The summed E-state index contributed by atoms with van der Waals surface area (Å²) < 4.78 is 0. The van der Waals surface area contributed by atoms with E-state index < -0.39 is 11.4 Å². The highest BCUT2D eigenvalue weighted by Gasteiger charge is 2.39. The highest BCUT2D eigenvalue weighted by atomic mass is 32.1. The summed E-state index contributed by atoms with van der Waals surface area (Å²) in [6, 6.07) is 3.81. The Bertz CT molecular complexity index is 503. The van der Waals surface area contributed by atoms with Crippen molar-refractivity contribution in [3.8, 4) is 0 Å². The lowest BCUT2D eigenvalue weighted by Gasteiger charge is -2.38. The lowest BCUT2D eigenvalue weighted by atomic mass is 9.82. The van der Waals surface area contributed by atoms with Crippen molar-refractivity contribution in [1.29, 1.82) is 0 Å². The molecule has 1 fully saturated rings. The smallest absolute Gasteiger partial charge is 0.317 e. The number of hydrogen-bond acceptors (Lipinski definition) is 3. The average Bonchev–Trinajstić information content (AvgIpc) is 2.98. The minimum absolute atomic E-state index is 0.00416. The van der Waals surface area contributed by atoms with Gasteiger partial charge in [-0.3, -0.25) is 4.79 Å². The number of likely N-dealkylation sites (tertiary alicyclic amines) is 1. The van der Waals surface area contributed by atoms with Gasteiger partial charge in [0.2, 0.25) is 0 Å². The van der Waals surface area contributed by atoms with Crippen LogP contribution in [0.25, 0.3) is 0 Å². The van der Waals surface area contributed by atoms with Gasteiger partial charge in [0.05, 0.1) is 11.5 Å². The molecule has 0 bridgehead atoms. The number of carboxylic acid groups (broad SMARTS) is 1. The van der Waals surface area contributed by atoms with E-state index >= 15 is 0 Å². The Morgan fingerprint density at radius 1 is 1.57 bits per heavy atom. The average molecular weight is 310 g/mol. The van der Waals surface area contributed by atoms with Gasteiger partial charge >= 0.3 is 12.0 Å². The van der Waals surface area contributed by atoms with Crippen LogP contribution in [0, 0.1) is 5.41 Å². The summed E-state index contributed by atoms with van der Waals surface area (Å²) in [4.78, 5) is 26.5. The molecule has 1 aromatic rings. The molecule has 2 rings (SSSR count). The quantitative estimate of drug-likeness (QED) is 0.898. The van der Waals surface area contributed by atoms with Crippen LogP contribution < -0.4 is 5.32 Å². The number of nitrogens with zero attached hydrogens (tertiary/aromatic N) is 1. The van der Waals surface area contributed by atoms with E-state index in [0.29, 0.717) is 13.0 Å². The number of hydrogen-bond donors (Lipinski definition) is 2. The SMILES string of the molecule is CCC(NC(=O)N1CCCC(C)(C(=O)O)C1)c1cccs1. The molecule has 2 unspecified atom stereocenters. The van der Waals surface area contributed by atoms with Gasteiger partial charge in [-0.2, -0.15) is 0 Å². The number of carboxylic acids is 1. The number of carbonyl (C=O) groups is 2. The summed E-state index contributed by atoms with van der Waals surface area (Å²) in [6.45, 7) is 4.64. The molecule has 0 spiro atoms. The first-order valence-electron chi connectivity index (χ1n) is 7.28. The molecule has 1 saturated heterocycles. The molecule has 2 N–H and O–H groups in total. The molecule has 5 nitrogen and oxygen atoms in total. The standard InChI is InChI=1S/C15H22N2O3S/c1-3-11(12-6-4-9-21-12)16-14(20)17-8-5-7-15(2,10-17)13(18)19/h4,6,9,11H,3,5,7-8,10H2,1-2H3,(H,16,20)(H,18,19). The zero-order chi connectivity index (χ0) is 15.5. The van der Waals surface area contributed by atoms with Gasteiger partial charge < -0.3 is 15.3 Å². The molecule has 0 radical (unpaired) electrons. The lowest BCUT2D eigenvalue weighted by Crippen LogP contribution is -2.51. The topological polar surface area (TPSA) is 69.6 Å². The van der Waals surface area contributed by atoms with Gasteiger partial charge in [0, 0.05) is 18.0 Å². The second-order valence-corrected chi connectivity index (χ2v) is 6.80. The summed E-state index contributed by atoms with van der Waals surface area (Å²) in [5, 5.41) is 14.3. The third-order valence-corrected chi connectivity index (χ3v) is 5.08. The number of amides is 2. The summed E-state index contributed by atoms with van der Waals surface area (Å²) in [5.74, 6) is -0.828. The van der Waals surface area contributed by atoms with Crippen LogP contribution in [0.15, 0.2) is 17.5 Å². The molecule has 0 saturated carbocycles. The van der Waals surface area contributed by atoms with Crippen LogP contribution >= 0.6 is 11.3 Å².